The maximum Gasteiger partial charge on any atom is 0.335 e. The van der Waals surface area contributed by atoms with Crippen LogP contribution in [0.25, 0.3) is 22.0 Å². The maximum absolute atomic E-state index is 13.5. The molecule has 0 unspecified atom stereocenters. The average molecular weight is 530 g/mol. The van der Waals surface area contributed by atoms with Crippen LogP contribution in [0.2, 0.25) is 10.0 Å². The molecule has 0 atom stereocenters. The number of carboxylic acid groups (broad SMARTS) is 1. The van der Waals surface area contributed by atoms with Crippen LogP contribution in [0.1, 0.15) is 31.8 Å². The van der Waals surface area contributed by atoms with Gasteiger partial charge in [0, 0.05) is 22.0 Å². The second-order valence-corrected chi connectivity index (χ2v) is 9.47. The molecule has 0 bridgehead atoms. The van der Waals surface area contributed by atoms with Crippen molar-refractivity contribution in [2.75, 3.05) is 0 Å². The summed E-state index contributed by atoms with van der Waals surface area (Å²) >= 11 is 12.4. The van der Waals surface area contributed by atoms with Crippen LogP contribution in [0.4, 0.5) is 0 Å². The highest BCUT2D eigenvalue weighted by atomic mass is 35.5. The van der Waals surface area contributed by atoms with Gasteiger partial charge in [0.25, 0.3) is 5.91 Å². The number of rotatable bonds is 7. The number of carbonyl (C=O) groups excluding carboxylic acids is 1. The molecule has 0 saturated carbocycles. The van der Waals surface area contributed by atoms with E-state index in [1.165, 1.54) is 12.1 Å². The van der Waals surface area contributed by atoms with Gasteiger partial charge in [-0.1, -0.05) is 65.7 Å². The molecule has 0 fully saturated rings. The molecule has 5 aromatic rings. The number of nitrogens with zero attached hydrogens (tertiary/aromatic N) is 2. The number of aromatic nitrogens is 2. The number of carbonyl (C=O) groups is 2. The monoisotopic (exact) mass is 529 g/mol. The molecule has 1 amide bonds. The van der Waals surface area contributed by atoms with Gasteiger partial charge in [-0.3, -0.25) is 9.48 Å². The van der Waals surface area contributed by atoms with Crippen molar-refractivity contribution in [2.24, 2.45) is 0 Å². The van der Waals surface area contributed by atoms with Crippen molar-refractivity contribution in [2.45, 2.75) is 13.1 Å². The molecule has 0 aliphatic carbocycles. The number of hydrogen-bond acceptors (Lipinski definition) is 3. The first-order chi connectivity index (χ1) is 17.9. The molecule has 0 radical (unpaired) electrons. The fourth-order valence-electron chi connectivity index (χ4n) is 4.24. The van der Waals surface area contributed by atoms with Gasteiger partial charge in [0.2, 0.25) is 0 Å². The van der Waals surface area contributed by atoms with Gasteiger partial charge in [0.05, 0.1) is 29.4 Å². The zero-order valence-electron chi connectivity index (χ0n) is 19.5. The molecule has 1 heterocycles. The molecule has 6 nitrogen and oxygen atoms in total. The summed E-state index contributed by atoms with van der Waals surface area (Å²) in [6.07, 6.45) is 1.75. The number of carboxylic acids is 1. The summed E-state index contributed by atoms with van der Waals surface area (Å²) in [7, 11) is 0. The largest absolute Gasteiger partial charge is 0.478 e. The molecule has 184 valence electrons. The molecule has 1 aromatic heterocycles. The highest BCUT2D eigenvalue weighted by molar-refractivity contribution is 6.34. The quantitative estimate of drug-likeness (QED) is 0.246. The molecule has 0 saturated heterocycles. The third kappa shape index (κ3) is 5.50. The van der Waals surface area contributed by atoms with Crippen LogP contribution in [-0.2, 0) is 13.1 Å². The summed E-state index contributed by atoms with van der Waals surface area (Å²) in [5.41, 5.74) is 4.89. The molecule has 0 spiro atoms. The van der Waals surface area contributed by atoms with Gasteiger partial charge in [-0.2, -0.15) is 5.10 Å². The Morgan fingerprint density at radius 1 is 0.838 bits per heavy atom. The molecule has 0 aliphatic heterocycles. The predicted octanol–water partition coefficient (Wildman–Crippen LogP) is 6.69. The molecular formula is C29H21Cl2N3O3. The number of benzene rings is 4. The van der Waals surface area contributed by atoms with Crippen LogP contribution in [0.3, 0.4) is 0 Å². The smallest absolute Gasteiger partial charge is 0.335 e. The summed E-state index contributed by atoms with van der Waals surface area (Å²) in [6, 6.07) is 25.4. The summed E-state index contributed by atoms with van der Waals surface area (Å²) in [4.78, 5) is 24.6. The number of amides is 1. The Balaban J connectivity index is 1.52. The van der Waals surface area contributed by atoms with E-state index >= 15 is 0 Å². The van der Waals surface area contributed by atoms with Crippen LogP contribution in [0.15, 0.2) is 91.1 Å². The second kappa shape index (κ2) is 10.5. The van der Waals surface area contributed by atoms with Crippen molar-refractivity contribution in [3.63, 3.8) is 0 Å². The lowest BCUT2D eigenvalue weighted by atomic mass is 10.00. The molecular weight excluding hydrogens is 509 g/mol. The van der Waals surface area contributed by atoms with E-state index in [1.807, 2.05) is 54.6 Å². The minimum absolute atomic E-state index is 0.192. The van der Waals surface area contributed by atoms with Crippen molar-refractivity contribution in [1.29, 1.82) is 0 Å². The number of aromatic carboxylic acids is 1. The van der Waals surface area contributed by atoms with Crippen LogP contribution >= 0.6 is 23.2 Å². The highest BCUT2D eigenvalue weighted by Crippen LogP contribution is 2.29. The van der Waals surface area contributed by atoms with Crippen molar-refractivity contribution in [3.05, 3.63) is 123 Å². The summed E-state index contributed by atoms with van der Waals surface area (Å²) < 4.78 is 1.77. The van der Waals surface area contributed by atoms with Crippen molar-refractivity contribution >= 4 is 46.0 Å². The Morgan fingerprint density at radius 3 is 2.22 bits per heavy atom. The third-order valence-electron chi connectivity index (χ3n) is 5.99. The zero-order chi connectivity index (χ0) is 25.9. The van der Waals surface area contributed by atoms with Crippen molar-refractivity contribution in [1.82, 2.24) is 15.1 Å². The minimum Gasteiger partial charge on any atom is -0.478 e. The fourth-order valence-corrected chi connectivity index (χ4v) is 4.81. The van der Waals surface area contributed by atoms with E-state index in [4.69, 9.17) is 28.3 Å². The van der Waals surface area contributed by atoms with Crippen molar-refractivity contribution < 1.29 is 14.7 Å². The Hall–Kier alpha value is -4.13. The molecule has 8 heteroatoms. The minimum atomic E-state index is -0.995. The van der Waals surface area contributed by atoms with E-state index in [2.05, 4.69) is 10.4 Å². The lowest BCUT2D eigenvalue weighted by Gasteiger charge is -2.12. The SMILES string of the molecule is O=C(O)c1ccc(CNC(=O)c2cc(-c3ccccc3)cc3cnn(Cc4cc(Cl)cc(Cl)c4)c23)cc1. The fraction of sp³-hybridized carbons (Fsp3) is 0.0690. The Kier molecular flexibility index (Phi) is 6.95. The standard InChI is InChI=1S/C29H21Cl2N3O3/c30-24-10-19(11-25(31)14-24)17-34-27-23(16-33-34)12-22(20-4-2-1-3-5-20)13-26(27)28(35)32-15-18-6-8-21(9-7-18)29(36)37/h1-14,16H,15,17H2,(H,32,35)(H,36,37). The van der Waals surface area contributed by atoms with Crippen LogP contribution < -0.4 is 5.32 Å². The van der Waals surface area contributed by atoms with Crippen LogP contribution in [0.5, 0.6) is 0 Å². The normalized spacial score (nSPS) is 11.0. The maximum atomic E-state index is 13.5. The van der Waals surface area contributed by atoms with E-state index in [-0.39, 0.29) is 18.0 Å². The lowest BCUT2D eigenvalue weighted by Crippen LogP contribution is -2.24. The molecule has 2 N–H and O–H groups in total. The van der Waals surface area contributed by atoms with E-state index in [1.54, 1.807) is 29.1 Å². The highest BCUT2D eigenvalue weighted by Gasteiger charge is 2.18. The first kappa shape index (κ1) is 24.6. The summed E-state index contributed by atoms with van der Waals surface area (Å²) in [5.74, 6) is -1.26. The first-order valence-electron chi connectivity index (χ1n) is 11.5. The zero-order valence-corrected chi connectivity index (χ0v) is 21.0. The Bertz CT molecular complexity index is 1590. The molecule has 5 rings (SSSR count). The van der Waals surface area contributed by atoms with Gasteiger partial charge in [0.1, 0.15) is 0 Å². The van der Waals surface area contributed by atoms with Gasteiger partial charge in [0.15, 0.2) is 0 Å². The van der Waals surface area contributed by atoms with Gasteiger partial charge in [-0.15, -0.1) is 0 Å². The predicted molar refractivity (Wildman–Crippen MR) is 145 cm³/mol. The summed E-state index contributed by atoms with van der Waals surface area (Å²) in [5, 5.41) is 18.5. The van der Waals surface area contributed by atoms with E-state index in [9.17, 15) is 9.59 Å². The number of halogens is 2. The average Bonchev–Trinajstić information content (AvgIpc) is 3.29. The van der Waals surface area contributed by atoms with Gasteiger partial charge in [-0.05, 0) is 64.7 Å². The number of hydrogen-bond donors (Lipinski definition) is 2. The molecule has 37 heavy (non-hydrogen) atoms. The molecule has 4 aromatic carbocycles. The van der Waals surface area contributed by atoms with Gasteiger partial charge < -0.3 is 10.4 Å². The molecule has 0 aliphatic rings. The van der Waals surface area contributed by atoms with Crippen molar-refractivity contribution in [3.8, 4) is 11.1 Å². The third-order valence-corrected chi connectivity index (χ3v) is 6.43. The van der Waals surface area contributed by atoms with E-state index < -0.39 is 5.97 Å². The van der Waals surface area contributed by atoms with E-state index in [0.29, 0.717) is 27.7 Å². The summed E-state index contributed by atoms with van der Waals surface area (Å²) in [6.45, 7) is 0.624. The Labute approximate surface area is 223 Å². The van der Waals surface area contributed by atoms with Crippen LogP contribution in [-0.4, -0.2) is 26.8 Å². The number of nitrogens with one attached hydrogen (secondary N) is 1. The van der Waals surface area contributed by atoms with Gasteiger partial charge in [-0.25, -0.2) is 4.79 Å². The first-order valence-corrected chi connectivity index (χ1v) is 12.2. The van der Waals surface area contributed by atoms with Crippen LogP contribution in [0, 0.1) is 0 Å². The van der Waals surface area contributed by atoms with Gasteiger partial charge >= 0.3 is 5.97 Å². The topological polar surface area (TPSA) is 84.2 Å². The lowest BCUT2D eigenvalue weighted by molar-refractivity contribution is 0.0696. The number of fused-ring (bicyclic) bond motifs is 1. The Morgan fingerprint density at radius 2 is 1.54 bits per heavy atom. The second-order valence-electron chi connectivity index (χ2n) is 8.59. The van der Waals surface area contributed by atoms with E-state index in [0.717, 1.165) is 27.6 Å².